The number of urea groups is 1. The van der Waals surface area contributed by atoms with Crippen molar-refractivity contribution in [1.29, 1.82) is 0 Å². The lowest BCUT2D eigenvalue weighted by molar-refractivity contribution is 0.206. The zero-order valence-electron chi connectivity index (χ0n) is 13.0. The molecule has 0 aliphatic carbocycles. The quantitative estimate of drug-likeness (QED) is 0.901. The predicted molar refractivity (Wildman–Crippen MR) is 88.1 cm³/mol. The average molecular weight is 337 g/mol. The van der Waals surface area contributed by atoms with E-state index >= 15 is 0 Å². The van der Waals surface area contributed by atoms with Crippen LogP contribution in [0.25, 0.3) is 0 Å². The summed E-state index contributed by atoms with van der Waals surface area (Å²) in [6.07, 6.45) is 0. The van der Waals surface area contributed by atoms with E-state index in [0.29, 0.717) is 17.1 Å². The lowest BCUT2D eigenvalue weighted by Gasteiger charge is -2.18. The number of benzene rings is 2. The van der Waals surface area contributed by atoms with E-state index < -0.39 is 5.82 Å². The highest BCUT2D eigenvalue weighted by Gasteiger charge is 2.11. The summed E-state index contributed by atoms with van der Waals surface area (Å²) >= 11 is 6.04. The number of ether oxygens (including phenoxy) is 1. The minimum atomic E-state index is -0.449. The molecule has 0 aliphatic rings. The Bertz CT molecular complexity index is 694. The maximum Gasteiger partial charge on any atom is 0.317 e. The fraction of sp³-hybridized carbons (Fsp3) is 0.235. The average Bonchev–Trinajstić information content (AvgIpc) is 2.54. The molecule has 122 valence electrons. The van der Waals surface area contributed by atoms with Gasteiger partial charge in [0.15, 0.2) is 11.6 Å². The highest BCUT2D eigenvalue weighted by atomic mass is 35.5. The smallest absolute Gasteiger partial charge is 0.317 e. The molecule has 23 heavy (non-hydrogen) atoms. The molecule has 0 saturated carbocycles. The molecule has 4 nitrogen and oxygen atoms in total. The van der Waals surface area contributed by atoms with Crippen molar-refractivity contribution in [3.05, 3.63) is 64.4 Å². The second-order valence-corrected chi connectivity index (χ2v) is 5.48. The lowest BCUT2D eigenvalue weighted by atomic mass is 10.2. The summed E-state index contributed by atoms with van der Waals surface area (Å²) in [5.41, 5.74) is 1.52. The van der Waals surface area contributed by atoms with Crippen LogP contribution in [0, 0.1) is 5.82 Å². The molecule has 0 aromatic heterocycles. The Morgan fingerprint density at radius 3 is 2.70 bits per heavy atom. The van der Waals surface area contributed by atoms with E-state index in [9.17, 15) is 9.18 Å². The number of amides is 2. The van der Waals surface area contributed by atoms with Gasteiger partial charge in [0, 0.05) is 25.2 Å². The van der Waals surface area contributed by atoms with E-state index in [0.717, 1.165) is 5.56 Å². The van der Waals surface area contributed by atoms with Crippen molar-refractivity contribution < 1.29 is 13.9 Å². The van der Waals surface area contributed by atoms with Gasteiger partial charge in [0.25, 0.3) is 0 Å². The van der Waals surface area contributed by atoms with E-state index in [4.69, 9.17) is 16.3 Å². The first kappa shape index (κ1) is 17.1. The summed E-state index contributed by atoms with van der Waals surface area (Å²) in [6, 6.07) is 11.7. The first-order valence-corrected chi connectivity index (χ1v) is 7.44. The number of hydrogen-bond donors (Lipinski definition) is 1. The van der Waals surface area contributed by atoms with Crippen molar-refractivity contribution in [1.82, 2.24) is 10.2 Å². The Hall–Kier alpha value is -2.27. The maximum atomic E-state index is 13.7. The molecule has 0 atom stereocenters. The van der Waals surface area contributed by atoms with E-state index in [2.05, 4.69) is 5.32 Å². The fourth-order valence-corrected chi connectivity index (χ4v) is 2.30. The number of halogens is 2. The third kappa shape index (κ3) is 4.60. The summed E-state index contributed by atoms with van der Waals surface area (Å²) in [5, 5.41) is 3.39. The summed E-state index contributed by atoms with van der Waals surface area (Å²) in [4.78, 5) is 13.6. The van der Waals surface area contributed by atoms with Crippen molar-refractivity contribution in [2.24, 2.45) is 0 Å². The minimum Gasteiger partial charge on any atom is -0.494 e. The van der Waals surface area contributed by atoms with Crippen LogP contribution in [0.1, 0.15) is 11.1 Å². The molecule has 0 unspecified atom stereocenters. The number of nitrogens with one attached hydrogen (secondary N) is 1. The van der Waals surface area contributed by atoms with Crippen LogP contribution < -0.4 is 10.1 Å². The van der Waals surface area contributed by atoms with Crippen LogP contribution in [0.4, 0.5) is 9.18 Å². The van der Waals surface area contributed by atoms with Gasteiger partial charge < -0.3 is 15.0 Å². The van der Waals surface area contributed by atoms with Gasteiger partial charge in [-0.2, -0.15) is 0 Å². The third-order valence-electron chi connectivity index (χ3n) is 3.37. The Labute approximate surface area is 139 Å². The van der Waals surface area contributed by atoms with Gasteiger partial charge >= 0.3 is 6.03 Å². The molecule has 6 heteroatoms. The maximum absolute atomic E-state index is 13.7. The number of carbonyl (C=O) groups is 1. The van der Waals surface area contributed by atoms with Crippen LogP contribution in [-0.4, -0.2) is 25.1 Å². The molecule has 2 amide bonds. The number of carbonyl (C=O) groups excluding carboxylic acids is 1. The Kier molecular flexibility index (Phi) is 5.82. The van der Waals surface area contributed by atoms with Crippen LogP contribution in [0.5, 0.6) is 5.75 Å². The van der Waals surface area contributed by atoms with Crippen LogP contribution >= 0.6 is 11.6 Å². The van der Waals surface area contributed by atoms with Crippen LogP contribution in [-0.2, 0) is 13.1 Å². The van der Waals surface area contributed by atoms with Gasteiger partial charge in [-0.15, -0.1) is 0 Å². The van der Waals surface area contributed by atoms with Gasteiger partial charge in [0.2, 0.25) is 0 Å². The van der Waals surface area contributed by atoms with Crippen LogP contribution in [0.2, 0.25) is 5.02 Å². The van der Waals surface area contributed by atoms with E-state index in [1.165, 1.54) is 18.1 Å². The molecule has 1 N–H and O–H groups in total. The molecule has 0 spiro atoms. The van der Waals surface area contributed by atoms with Gasteiger partial charge in [0.05, 0.1) is 7.11 Å². The van der Waals surface area contributed by atoms with Gasteiger partial charge in [-0.05, 0) is 29.3 Å². The molecule has 2 aromatic rings. The molecule has 0 aliphatic heterocycles. The van der Waals surface area contributed by atoms with E-state index in [-0.39, 0.29) is 18.3 Å². The van der Waals surface area contributed by atoms with Gasteiger partial charge in [0.1, 0.15) is 0 Å². The summed E-state index contributed by atoms with van der Waals surface area (Å²) in [5.74, 6) is -0.269. The Morgan fingerprint density at radius 2 is 2.04 bits per heavy atom. The highest BCUT2D eigenvalue weighted by molar-refractivity contribution is 6.31. The molecule has 0 bridgehead atoms. The standard InChI is InChI=1S/C17H18ClFN2O2/c1-21(11-12-7-8-16(23-2)15(19)9-12)17(22)20-10-13-5-3-4-6-14(13)18/h3-9H,10-11H2,1-2H3,(H,20,22). The Balaban J connectivity index is 1.92. The summed E-state index contributed by atoms with van der Waals surface area (Å²) in [7, 11) is 3.05. The SMILES string of the molecule is COc1ccc(CN(C)C(=O)NCc2ccccc2Cl)cc1F. The van der Waals surface area contributed by atoms with Crippen molar-refractivity contribution in [2.45, 2.75) is 13.1 Å². The largest absolute Gasteiger partial charge is 0.494 e. The monoisotopic (exact) mass is 336 g/mol. The summed E-state index contributed by atoms with van der Waals surface area (Å²) in [6.45, 7) is 0.620. The van der Waals surface area contributed by atoms with Crippen molar-refractivity contribution in [2.75, 3.05) is 14.2 Å². The van der Waals surface area contributed by atoms with Gasteiger partial charge in [-0.25, -0.2) is 9.18 Å². The number of nitrogens with zero attached hydrogens (tertiary/aromatic N) is 1. The molecule has 0 radical (unpaired) electrons. The van der Waals surface area contributed by atoms with Gasteiger partial charge in [-0.1, -0.05) is 35.9 Å². The topological polar surface area (TPSA) is 41.6 Å². The number of hydrogen-bond acceptors (Lipinski definition) is 2. The van der Waals surface area contributed by atoms with E-state index in [1.807, 2.05) is 18.2 Å². The predicted octanol–water partition coefficient (Wildman–Crippen LogP) is 3.83. The van der Waals surface area contributed by atoms with E-state index in [1.54, 1.807) is 25.2 Å². The van der Waals surface area contributed by atoms with Crippen LogP contribution in [0.15, 0.2) is 42.5 Å². The number of rotatable bonds is 5. The third-order valence-corrected chi connectivity index (χ3v) is 3.74. The van der Waals surface area contributed by atoms with Crippen LogP contribution in [0.3, 0.4) is 0 Å². The molecule has 0 fully saturated rings. The van der Waals surface area contributed by atoms with Crippen molar-refractivity contribution in [3.8, 4) is 5.75 Å². The highest BCUT2D eigenvalue weighted by Crippen LogP contribution is 2.18. The first-order chi connectivity index (χ1) is 11.0. The van der Waals surface area contributed by atoms with Gasteiger partial charge in [-0.3, -0.25) is 0 Å². The first-order valence-electron chi connectivity index (χ1n) is 7.06. The zero-order chi connectivity index (χ0) is 16.8. The minimum absolute atomic E-state index is 0.180. The number of methoxy groups -OCH3 is 1. The molecular weight excluding hydrogens is 319 g/mol. The lowest BCUT2D eigenvalue weighted by Crippen LogP contribution is -2.36. The van der Waals surface area contributed by atoms with Crippen molar-refractivity contribution >= 4 is 17.6 Å². The normalized spacial score (nSPS) is 10.3. The van der Waals surface area contributed by atoms with Crippen molar-refractivity contribution in [3.63, 3.8) is 0 Å². The second-order valence-electron chi connectivity index (χ2n) is 5.08. The molecule has 2 aromatic carbocycles. The fourth-order valence-electron chi connectivity index (χ4n) is 2.10. The summed E-state index contributed by atoms with van der Waals surface area (Å²) < 4.78 is 18.5. The molecular formula is C17H18ClFN2O2. The second kappa shape index (κ2) is 7.83. The molecule has 2 rings (SSSR count). The molecule has 0 saturated heterocycles. The Morgan fingerprint density at radius 1 is 1.30 bits per heavy atom. The molecule has 0 heterocycles. The zero-order valence-corrected chi connectivity index (χ0v) is 13.7.